The summed E-state index contributed by atoms with van der Waals surface area (Å²) in [5.41, 5.74) is 2.48. The highest BCUT2D eigenvalue weighted by Gasteiger charge is 2.34. The van der Waals surface area contributed by atoms with Crippen molar-refractivity contribution in [3.8, 4) is 11.5 Å². The van der Waals surface area contributed by atoms with E-state index in [2.05, 4.69) is 10.4 Å². The highest BCUT2D eigenvalue weighted by Crippen LogP contribution is 2.38. The van der Waals surface area contributed by atoms with Gasteiger partial charge in [-0.25, -0.2) is 0 Å². The number of nitrogens with one attached hydrogen (secondary N) is 1. The van der Waals surface area contributed by atoms with E-state index in [-0.39, 0.29) is 24.5 Å². The molecule has 0 aromatic heterocycles. The Morgan fingerprint density at radius 1 is 0.969 bits per heavy atom. The molecule has 0 bridgehead atoms. The van der Waals surface area contributed by atoms with Crippen molar-refractivity contribution in [1.29, 1.82) is 0 Å². The lowest BCUT2D eigenvalue weighted by molar-refractivity contribution is -0.135. The third kappa shape index (κ3) is 3.74. The predicted molar refractivity (Wildman–Crippen MR) is 116 cm³/mol. The summed E-state index contributed by atoms with van der Waals surface area (Å²) in [7, 11) is 0. The molecule has 2 aliphatic heterocycles. The Bertz CT molecular complexity index is 1230. The van der Waals surface area contributed by atoms with E-state index in [1.807, 2.05) is 12.1 Å². The molecule has 160 valence electrons. The molecule has 0 unspecified atom stereocenters. The maximum atomic E-state index is 12.5. The Hall–Kier alpha value is -4.33. The molecule has 3 aromatic carbocycles. The minimum atomic E-state index is -0.737. The summed E-state index contributed by atoms with van der Waals surface area (Å²) in [5, 5.41) is 8.53. The number of amides is 2. The normalized spacial score (nSPS) is 16.3. The molecule has 2 aliphatic rings. The number of ether oxygens (including phenoxy) is 3. The Kier molecular flexibility index (Phi) is 4.95. The first-order valence-electron chi connectivity index (χ1n) is 10.00. The first kappa shape index (κ1) is 19.6. The van der Waals surface area contributed by atoms with Crippen molar-refractivity contribution < 1.29 is 23.8 Å². The highest BCUT2D eigenvalue weighted by molar-refractivity contribution is 6.05. The standard InChI is InChI=1S/C24H19N3O5/c1-15(28)27-24(18-10-11-20-21(13-18)31-14-30-20)32-23(26-27)17-8-5-9-19(12-17)25-22(29)16-6-3-2-4-7-16/h2-13,24H,14H2,1H3,(H,25,29)/t24-/m0/s1. The molecule has 0 aliphatic carbocycles. The topological polar surface area (TPSA) is 89.5 Å². The van der Waals surface area contributed by atoms with Gasteiger partial charge in [0.2, 0.25) is 24.8 Å². The van der Waals surface area contributed by atoms with E-state index >= 15 is 0 Å². The average Bonchev–Trinajstić information content (AvgIpc) is 3.47. The van der Waals surface area contributed by atoms with Gasteiger partial charge in [-0.3, -0.25) is 9.59 Å². The zero-order chi connectivity index (χ0) is 22.1. The van der Waals surface area contributed by atoms with Crippen molar-refractivity contribution in [3.63, 3.8) is 0 Å². The Morgan fingerprint density at radius 2 is 1.78 bits per heavy atom. The fourth-order valence-corrected chi connectivity index (χ4v) is 3.49. The van der Waals surface area contributed by atoms with E-state index < -0.39 is 6.23 Å². The van der Waals surface area contributed by atoms with Crippen molar-refractivity contribution >= 4 is 23.4 Å². The lowest BCUT2D eigenvalue weighted by Gasteiger charge is -2.19. The summed E-state index contributed by atoms with van der Waals surface area (Å²) in [6.45, 7) is 1.58. The van der Waals surface area contributed by atoms with Crippen molar-refractivity contribution in [2.45, 2.75) is 13.2 Å². The largest absolute Gasteiger partial charge is 0.454 e. The van der Waals surface area contributed by atoms with Crippen LogP contribution in [0.4, 0.5) is 5.69 Å². The molecule has 3 aromatic rings. The Balaban J connectivity index is 1.39. The Labute approximate surface area is 184 Å². The molecule has 0 fully saturated rings. The quantitative estimate of drug-likeness (QED) is 0.679. The van der Waals surface area contributed by atoms with Crippen LogP contribution in [0.3, 0.4) is 0 Å². The molecular formula is C24H19N3O5. The smallest absolute Gasteiger partial charge is 0.255 e. The van der Waals surface area contributed by atoms with Gasteiger partial charge in [-0.05, 0) is 48.5 Å². The number of hydrazone groups is 1. The zero-order valence-corrected chi connectivity index (χ0v) is 17.1. The van der Waals surface area contributed by atoms with Crippen LogP contribution in [0.5, 0.6) is 11.5 Å². The molecule has 0 radical (unpaired) electrons. The number of carbonyl (C=O) groups is 2. The van der Waals surface area contributed by atoms with Crippen LogP contribution >= 0.6 is 0 Å². The van der Waals surface area contributed by atoms with E-state index in [1.165, 1.54) is 11.9 Å². The first-order valence-corrected chi connectivity index (χ1v) is 10.00. The minimum Gasteiger partial charge on any atom is -0.454 e. The second-order valence-electron chi connectivity index (χ2n) is 7.25. The van der Waals surface area contributed by atoms with Crippen LogP contribution in [-0.2, 0) is 9.53 Å². The van der Waals surface area contributed by atoms with Crippen LogP contribution in [-0.4, -0.2) is 29.5 Å². The number of carbonyl (C=O) groups excluding carboxylic acids is 2. The number of anilines is 1. The predicted octanol–water partition coefficient (Wildman–Crippen LogP) is 3.91. The number of fused-ring (bicyclic) bond motifs is 1. The van der Waals surface area contributed by atoms with Crippen molar-refractivity contribution in [3.05, 3.63) is 89.5 Å². The summed E-state index contributed by atoms with van der Waals surface area (Å²) >= 11 is 0. The van der Waals surface area contributed by atoms with Crippen LogP contribution in [0.2, 0.25) is 0 Å². The summed E-state index contributed by atoms with van der Waals surface area (Å²) in [6, 6.07) is 21.4. The lowest BCUT2D eigenvalue weighted by atomic mass is 10.1. The van der Waals surface area contributed by atoms with Crippen LogP contribution in [0.15, 0.2) is 77.9 Å². The third-order valence-corrected chi connectivity index (χ3v) is 5.05. The van der Waals surface area contributed by atoms with Gasteiger partial charge in [-0.15, -0.1) is 5.10 Å². The van der Waals surface area contributed by atoms with Gasteiger partial charge in [-0.2, -0.15) is 5.01 Å². The number of hydrogen-bond acceptors (Lipinski definition) is 6. The molecule has 0 saturated carbocycles. The number of benzene rings is 3. The van der Waals surface area contributed by atoms with Gasteiger partial charge >= 0.3 is 0 Å². The first-order chi connectivity index (χ1) is 15.6. The maximum absolute atomic E-state index is 12.5. The second-order valence-corrected chi connectivity index (χ2v) is 7.25. The van der Waals surface area contributed by atoms with Gasteiger partial charge in [0, 0.05) is 29.3 Å². The summed E-state index contributed by atoms with van der Waals surface area (Å²) in [4.78, 5) is 24.7. The maximum Gasteiger partial charge on any atom is 0.255 e. The summed E-state index contributed by atoms with van der Waals surface area (Å²) < 4.78 is 16.8. The molecule has 5 rings (SSSR count). The van der Waals surface area contributed by atoms with Crippen LogP contribution < -0.4 is 14.8 Å². The lowest BCUT2D eigenvalue weighted by Crippen LogP contribution is -2.25. The van der Waals surface area contributed by atoms with Gasteiger partial charge in [-0.1, -0.05) is 24.3 Å². The number of hydrogen-bond donors (Lipinski definition) is 1. The summed E-state index contributed by atoms with van der Waals surface area (Å²) in [5.74, 6) is 1.02. The minimum absolute atomic E-state index is 0.157. The molecule has 1 N–H and O–H groups in total. The SMILES string of the molecule is CC(=O)N1N=C(c2cccc(NC(=O)c3ccccc3)c2)O[C@H]1c1ccc2c(c1)OCO2. The van der Waals surface area contributed by atoms with E-state index in [0.717, 1.165) is 0 Å². The molecule has 8 heteroatoms. The second kappa shape index (κ2) is 8.07. The van der Waals surface area contributed by atoms with Crippen LogP contribution in [0.1, 0.15) is 34.6 Å². The molecule has 32 heavy (non-hydrogen) atoms. The van der Waals surface area contributed by atoms with E-state index in [9.17, 15) is 9.59 Å². The van der Waals surface area contributed by atoms with Gasteiger partial charge in [0.1, 0.15) is 0 Å². The zero-order valence-electron chi connectivity index (χ0n) is 17.1. The fourth-order valence-electron chi connectivity index (χ4n) is 3.49. The van der Waals surface area contributed by atoms with Gasteiger partial charge in [0.05, 0.1) is 0 Å². The molecule has 2 amide bonds. The average molecular weight is 429 g/mol. The van der Waals surface area contributed by atoms with Crippen molar-refractivity contribution in [1.82, 2.24) is 5.01 Å². The fraction of sp³-hybridized carbons (Fsp3) is 0.125. The van der Waals surface area contributed by atoms with Gasteiger partial charge in [0.25, 0.3) is 5.91 Å². The van der Waals surface area contributed by atoms with E-state index in [4.69, 9.17) is 14.2 Å². The van der Waals surface area contributed by atoms with E-state index in [0.29, 0.717) is 33.9 Å². The molecule has 0 spiro atoms. The van der Waals surface area contributed by atoms with E-state index in [1.54, 1.807) is 60.7 Å². The molecule has 8 nitrogen and oxygen atoms in total. The highest BCUT2D eigenvalue weighted by atomic mass is 16.7. The molecule has 1 atom stereocenters. The molecule has 2 heterocycles. The number of rotatable bonds is 4. The van der Waals surface area contributed by atoms with Gasteiger partial charge < -0.3 is 19.5 Å². The monoisotopic (exact) mass is 429 g/mol. The van der Waals surface area contributed by atoms with Crippen LogP contribution in [0, 0.1) is 0 Å². The third-order valence-electron chi connectivity index (χ3n) is 5.05. The molecule has 0 saturated heterocycles. The number of nitrogens with zero attached hydrogens (tertiary/aromatic N) is 2. The van der Waals surface area contributed by atoms with Crippen molar-refractivity contribution in [2.24, 2.45) is 5.10 Å². The summed E-state index contributed by atoms with van der Waals surface area (Å²) in [6.07, 6.45) is -0.737. The van der Waals surface area contributed by atoms with Crippen molar-refractivity contribution in [2.75, 3.05) is 12.1 Å². The molecular weight excluding hydrogens is 410 g/mol. The van der Waals surface area contributed by atoms with Crippen LogP contribution in [0.25, 0.3) is 0 Å². The Morgan fingerprint density at radius 3 is 2.59 bits per heavy atom. The van der Waals surface area contributed by atoms with Gasteiger partial charge in [0.15, 0.2) is 11.5 Å².